The normalized spacial score (nSPS) is 20.4. The summed E-state index contributed by atoms with van der Waals surface area (Å²) in [5.74, 6) is -1.02. The van der Waals surface area contributed by atoms with E-state index < -0.39 is 5.97 Å². The summed E-state index contributed by atoms with van der Waals surface area (Å²) < 4.78 is 0. The largest absolute Gasteiger partial charge is 0.477 e. The number of aromatic carboxylic acids is 1. The fourth-order valence-corrected chi connectivity index (χ4v) is 3.31. The molecule has 1 aromatic rings. The highest BCUT2D eigenvalue weighted by atomic mass is 32.1. The van der Waals surface area contributed by atoms with E-state index in [0.717, 1.165) is 11.3 Å². The highest BCUT2D eigenvalue weighted by Gasteiger charge is 2.68. The Morgan fingerprint density at radius 2 is 1.78 bits per heavy atom. The molecule has 5 heteroatoms. The van der Waals surface area contributed by atoms with Crippen LogP contribution in [0.2, 0.25) is 0 Å². The van der Waals surface area contributed by atoms with Gasteiger partial charge in [-0.3, -0.25) is 4.79 Å². The van der Waals surface area contributed by atoms with Gasteiger partial charge in [0, 0.05) is 5.92 Å². The van der Waals surface area contributed by atoms with E-state index in [1.807, 2.05) is 0 Å². The van der Waals surface area contributed by atoms with Crippen LogP contribution in [-0.2, 0) is 4.79 Å². The number of anilines is 1. The zero-order valence-electron chi connectivity index (χ0n) is 10.9. The topological polar surface area (TPSA) is 66.4 Å². The number of carbonyl (C=O) groups excluding carboxylic acids is 1. The first-order valence-electron chi connectivity index (χ1n) is 5.82. The van der Waals surface area contributed by atoms with Crippen LogP contribution < -0.4 is 5.32 Å². The van der Waals surface area contributed by atoms with Crippen LogP contribution in [0.4, 0.5) is 5.00 Å². The van der Waals surface area contributed by atoms with Gasteiger partial charge in [-0.15, -0.1) is 11.3 Å². The minimum absolute atomic E-state index is 0.00995. The first-order chi connectivity index (χ1) is 8.18. The lowest BCUT2D eigenvalue weighted by molar-refractivity contribution is -0.118. The molecule has 1 aromatic heterocycles. The van der Waals surface area contributed by atoms with E-state index in [1.54, 1.807) is 6.07 Å². The fourth-order valence-electron chi connectivity index (χ4n) is 2.57. The van der Waals surface area contributed by atoms with E-state index in [1.165, 1.54) is 6.07 Å². The summed E-state index contributed by atoms with van der Waals surface area (Å²) in [4.78, 5) is 23.1. The summed E-state index contributed by atoms with van der Waals surface area (Å²) in [6.07, 6.45) is 0. The molecule has 2 N–H and O–H groups in total. The van der Waals surface area contributed by atoms with Crippen molar-refractivity contribution in [2.75, 3.05) is 5.32 Å². The van der Waals surface area contributed by atoms with Crippen molar-refractivity contribution in [3.05, 3.63) is 17.0 Å². The Balaban J connectivity index is 2.07. The quantitative estimate of drug-likeness (QED) is 0.884. The number of carbonyl (C=O) groups is 2. The Hall–Kier alpha value is -1.36. The van der Waals surface area contributed by atoms with Crippen LogP contribution in [-0.4, -0.2) is 17.0 Å². The van der Waals surface area contributed by atoms with Gasteiger partial charge in [-0.1, -0.05) is 27.7 Å². The van der Waals surface area contributed by atoms with Crippen molar-refractivity contribution in [1.82, 2.24) is 0 Å². The van der Waals surface area contributed by atoms with Crippen LogP contribution in [0.25, 0.3) is 0 Å². The molecule has 0 radical (unpaired) electrons. The van der Waals surface area contributed by atoms with Crippen LogP contribution in [0.15, 0.2) is 12.1 Å². The van der Waals surface area contributed by atoms with E-state index >= 15 is 0 Å². The van der Waals surface area contributed by atoms with Gasteiger partial charge in [-0.05, 0) is 23.0 Å². The number of carboxylic acids is 1. The summed E-state index contributed by atoms with van der Waals surface area (Å²) in [6, 6.07) is 3.14. The maximum absolute atomic E-state index is 12.1. The van der Waals surface area contributed by atoms with E-state index in [2.05, 4.69) is 33.0 Å². The van der Waals surface area contributed by atoms with Crippen molar-refractivity contribution in [1.29, 1.82) is 0 Å². The summed E-state index contributed by atoms with van der Waals surface area (Å²) in [5.41, 5.74) is -0.0199. The third kappa shape index (κ3) is 1.82. The van der Waals surface area contributed by atoms with E-state index in [0.29, 0.717) is 5.00 Å². The molecule has 18 heavy (non-hydrogen) atoms. The summed E-state index contributed by atoms with van der Waals surface area (Å²) in [7, 11) is 0. The van der Waals surface area contributed by atoms with Gasteiger partial charge in [0.2, 0.25) is 5.91 Å². The lowest BCUT2D eigenvalue weighted by atomic mass is 10.0. The minimum Gasteiger partial charge on any atom is -0.477 e. The first-order valence-corrected chi connectivity index (χ1v) is 6.63. The second-order valence-electron chi connectivity index (χ2n) is 5.83. The smallest absolute Gasteiger partial charge is 0.345 e. The van der Waals surface area contributed by atoms with Gasteiger partial charge in [0.15, 0.2) is 0 Å². The molecule has 0 atom stereocenters. The monoisotopic (exact) mass is 267 g/mol. The van der Waals surface area contributed by atoms with Crippen LogP contribution in [0.3, 0.4) is 0 Å². The molecular formula is C13H17NO3S. The van der Waals surface area contributed by atoms with Crippen molar-refractivity contribution in [3.63, 3.8) is 0 Å². The molecule has 0 bridgehead atoms. The number of carboxylic acid groups (broad SMARTS) is 1. The lowest BCUT2D eigenvalue weighted by Gasteiger charge is -2.03. The predicted octanol–water partition coefficient (Wildman–Crippen LogP) is 3.07. The Morgan fingerprint density at radius 1 is 1.22 bits per heavy atom. The van der Waals surface area contributed by atoms with Gasteiger partial charge in [0.05, 0.1) is 5.00 Å². The average Bonchev–Trinajstić information content (AvgIpc) is 2.60. The van der Waals surface area contributed by atoms with Crippen molar-refractivity contribution >= 4 is 28.2 Å². The third-order valence-electron chi connectivity index (χ3n) is 4.35. The van der Waals surface area contributed by atoms with Gasteiger partial charge in [0.25, 0.3) is 0 Å². The summed E-state index contributed by atoms with van der Waals surface area (Å²) >= 11 is 1.08. The Labute approximate surface area is 110 Å². The molecule has 0 unspecified atom stereocenters. The van der Waals surface area contributed by atoms with Crippen LogP contribution in [0.1, 0.15) is 37.4 Å². The Morgan fingerprint density at radius 3 is 2.17 bits per heavy atom. The van der Waals surface area contributed by atoms with Crippen molar-refractivity contribution in [3.8, 4) is 0 Å². The van der Waals surface area contributed by atoms with Crippen molar-refractivity contribution < 1.29 is 14.7 Å². The van der Waals surface area contributed by atoms with Gasteiger partial charge < -0.3 is 10.4 Å². The number of thiophene rings is 1. The standard InChI is InChI=1S/C13H17NO3S/c1-12(2)9(13(12,3)4)10(15)14-8-6-5-7(18-8)11(16)17/h5-6,9H,1-4H3,(H,14,15)(H,16,17). The molecule has 1 saturated carbocycles. The SMILES string of the molecule is CC1(C)C(C(=O)Nc2ccc(C(=O)O)s2)C1(C)C. The minimum atomic E-state index is -0.965. The van der Waals surface area contributed by atoms with Gasteiger partial charge in [0.1, 0.15) is 4.88 Å². The van der Waals surface area contributed by atoms with Gasteiger partial charge in [-0.2, -0.15) is 0 Å². The average molecular weight is 267 g/mol. The molecule has 1 aliphatic rings. The first kappa shape index (κ1) is 13.1. The molecule has 1 aliphatic carbocycles. The highest BCUT2D eigenvalue weighted by molar-refractivity contribution is 7.18. The number of amides is 1. The van der Waals surface area contributed by atoms with Crippen molar-refractivity contribution in [2.24, 2.45) is 16.7 Å². The van der Waals surface area contributed by atoms with Crippen molar-refractivity contribution in [2.45, 2.75) is 27.7 Å². The van der Waals surface area contributed by atoms with Crippen LogP contribution in [0, 0.1) is 16.7 Å². The maximum atomic E-state index is 12.1. The fraction of sp³-hybridized carbons (Fsp3) is 0.538. The second-order valence-corrected chi connectivity index (χ2v) is 6.92. The molecule has 98 valence electrons. The zero-order valence-corrected chi connectivity index (χ0v) is 11.7. The summed E-state index contributed by atoms with van der Waals surface area (Å²) in [5, 5.41) is 12.2. The molecule has 4 nitrogen and oxygen atoms in total. The van der Waals surface area contributed by atoms with Gasteiger partial charge >= 0.3 is 5.97 Å². The predicted molar refractivity (Wildman–Crippen MR) is 71.0 cm³/mol. The molecular weight excluding hydrogens is 250 g/mol. The Kier molecular flexibility index (Phi) is 2.77. The number of hydrogen-bond donors (Lipinski definition) is 2. The lowest BCUT2D eigenvalue weighted by Crippen LogP contribution is -2.16. The molecule has 0 aromatic carbocycles. The van der Waals surface area contributed by atoms with E-state index in [9.17, 15) is 9.59 Å². The maximum Gasteiger partial charge on any atom is 0.345 e. The summed E-state index contributed by atoms with van der Waals surface area (Å²) in [6.45, 7) is 8.31. The molecule has 0 spiro atoms. The van der Waals surface area contributed by atoms with E-state index in [4.69, 9.17) is 5.11 Å². The number of rotatable bonds is 3. The number of nitrogens with one attached hydrogen (secondary N) is 1. The third-order valence-corrected chi connectivity index (χ3v) is 5.33. The molecule has 2 rings (SSSR count). The number of hydrogen-bond acceptors (Lipinski definition) is 3. The van der Waals surface area contributed by atoms with E-state index in [-0.39, 0.29) is 27.5 Å². The van der Waals surface area contributed by atoms with Crippen LogP contribution >= 0.6 is 11.3 Å². The Bertz CT molecular complexity index is 502. The van der Waals surface area contributed by atoms with Gasteiger partial charge in [-0.25, -0.2) is 4.79 Å². The second kappa shape index (κ2) is 3.82. The molecule has 1 fully saturated rings. The zero-order chi connectivity index (χ0) is 13.7. The van der Waals surface area contributed by atoms with Crippen LogP contribution in [0.5, 0.6) is 0 Å². The molecule has 0 saturated heterocycles. The highest BCUT2D eigenvalue weighted by Crippen LogP contribution is 2.68. The molecule has 1 heterocycles. The molecule has 1 amide bonds. The molecule has 0 aliphatic heterocycles.